The fraction of sp³-hybridized carbons (Fsp3) is 0.263. The van der Waals surface area contributed by atoms with E-state index in [9.17, 15) is 4.79 Å². The Morgan fingerprint density at radius 2 is 1.86 bits per heavy atom. The minimum atomic E-state index is -0.0922. The number of piperidine rings is 1. The molecule has 1 aromatic carbocycles. The summed E-state index contributed by atoms with van der Waals surface area (Å²) < 4.78 is 1.55. The van der Waals surface area contributed by atoms with Crippen LogP contribution < -0.4 is 10.2 Å². The highest BCUT2D eigenvalue weighted by Gasteiger charge is 2.26. The Morgan fingerprint density at radius 3 is 2.54 bits per heavy atom. The Morgan fingerprint density at radius 1 is 1.11 bits per heavy atom. The first-order valence-corrected chi connectivity index (χ1v) is 8.98. The van der Waals surface area contributed by atoms with E-state index in [4.69, 9.17) is 5.26 Å². The van der Waals surface area contributed by atoms with Gasteiger partial charge in [-0.1, -0.05) is 12.1 Å². The number of amides is 1. The summed E-state index contributed by atoms with van der Waals surface area (Å²) in [6.07, 6.45) is 4.44. The lowest BCUT2D eigenvalue weighted by molar-refractivity contribution is -0.120. The molecule has 1 saturated heterocycles. The number of hydrogen-bond acceptors (Lipinski definition) is 7. The number of carbonyl (C=O) groups is 1. The zero-order valence-corrected chi connectivity index (χ0v) is 15.1. The molecule has 0 saturated carbocycles. The van der Waals surface area contributed by atoms with Crippen LogP contribution in [0.3, 0.4) is 0 Å². The molecule has 1 amide bonds. The highest BCUT2D eigenvalue weighted by molar-refractivity contribution is 5.93. The van der Waals surface area contributed by atoms with Crippen LogP contribution in [0.25, 0.3) is 5.82 Å². The summed E-state index contributed by atoms with van der Waals surface area (Å²) in [5.41, 5.74) is 1.03. The van der Waals surface area contributed by atoms with E-state index in [2.05, 4.69) is 36.6 Å². The Labute approximate surface area is 161 Å². The van der Waals surface area contributed by atoms with Crippen LogP contribution in [-0.2, 0) is 4.79 Å². The minimum absolute atomic E-state index is 0.0463. The van der Waals surface area contributed by atoms with Crippen molar-refractivity contribution in [2.24, 2.45) is 5.92 Å². The number of para-hydroxylation sites is 1. The third kappa shape index (κ3) is 3.66. The molecule has 2 aromatic heterocycles. The molecule has 3 aromatic rings. The molecule has 0 atom stereocenters. The highest BCUT2D eigenvalue weighted by atomic mass is 16.1. The molecule has 1 fully saturated rings. The molecule has 0 radical (unpaired) electrons. The molecule has 0 spiro atoms. The van der Waals surface area contributed by atoms with Gasteiger partial charge in [0, 0.05) is 19.0 Å². The van der Waals surface area contributed by atoms with Gasteiger partial charge in [-0.15, -0.1) is 10.2 Å². The first-order chi connectivity index (χ1) is 13.7. The van der Waals surface area contributed by atoms with Gasteiger partial charge < -0.3 is 10.2 Å². The summed E-state index contributed by atoms with van der Waals surface area (Å²) in [6.45, 7) is 1.44. The number of rotatable bonds is 4. The number of anilines is 2. The van der Waals surface area contributed by atoms with Crippen LogP contribution in [0.1, 0.15) is 18.4 Å². The second-order valence-corrected chi connectivity index (χ2v) is 6.50. The maximum atomic E-state index is 12.6. The summed E-state index contributed by atoms with van der Waals surface area (Å²) in [5.74, 6) is 1.24. The molecule has 0 bridgehead atoms. The molecule has 1 aliphatic rings. The van der Waals surface area contributed by atoms with Crippen LogP contribution >= 0.6 is 0 Å². The number of hydrogen-bond donors (Lipinski definition) is 1. The molecular formula is C19H18N8O. The smallest absolute Gasteiger partial charge is 0.227 e. The number of carbonyl (C=O) groups excluding carboxylic acids is 1. The summed E-state index contributed by atoms with van der Waals surface area (Å²) in [4.78, 5) is 18.6. The molecule has 1 aliphatic heterocycles. The van der Waals surface area contributed by atoms with E-state index >= 15 is 0 Å². The fourth-order valence-corrected chi connectivity index (χ4v) is 3.23. The van der Waals surface area contributed by atoms with E-state index in [-0.39, 0.29) is 11.8 Å². The second kappa shape index (κ2) is 7.84. The fourth-order valence-electron chi connectivity index (χ4n) is 3.23. The lowest BCUT2D eigenvalue weighted by atomic mass is 9.95. The zero-order chi connectivity index (χ0) is 19.3. The summed E-state index contributed by atoms with van der Waals surface area (Å²) in [5, 5.41) is 24.5. The normalized spacial score (nSPS) is 14.5. The van der Waals surface area contributed by atoms with Gasteiger partial charge in [0.15, 0.2) is 11.6 Å². The molecule has 140 valence electrons. The summed E-state index contributed by atoms with van der Waals surface area (Å²) >= 11 is 0. The number of nitriles is 1. The zero-order valence-electron chi connectivity index (χ0n) is 15.1. The van der Waals surface area contributed by atoms with Crippen molar-refractivity contribution >= 4 is 17.4 Å². The van der Waals surface area contributed by atoms with E-state index < -0.39 is 0 Å². The summed E-state index contributed by atoms with van der Waals surface area (Å²) in [6, 6.07) is 12.9. The number of nitrogens with zero attached hydrogens (tertiary/aromatic N) is 7. The molecule has 1 N–H and O–H groups in total. The van der Waals surface area contributed by atoms with Gasteiger partial charge in [0.25, 0.3) is 0 Å². The SMILES string of the molecule is N#Cc1ccccc1NC(=O)C1CCN(c2ccc(-n3cncn3)nn2)CC1. The van der Waals surface area contributed by atoms with Gasteiger partial charge in [-0.2, -0.15) is 10.4 Å². The van der Waals surface area contributed by atoms with E-state index in [1.807, 2.05) is 12.1 Å². The number of aromatic nitrogens is 5. The molecule has 3 heterocycles. The monoisotopic (exact) mass is 374 g/mol. The first-order valence-electron chi connectivity index (χ1n) is 8.98. The van der Waals surface area contributed by atoms with Crippen molar-refractivity contribution in [1.29, 1.82) is 5.26 Å². The van der Waals surface area contributed by atoms with Crippen LogP contribution in [-0.4, -0.2) is 44.0 Å². The predicted molar refractivity (Wildman–Crippen MR) is 102 cm³/mol. The van der Waals surface area contributed by atoms with Gasteiger partial charge in [-0.3, -0.25) is 4.79 Å². The van der Waals surface area contributed by atoms with Crippen molar-refractivity contribution in [3.63, 3.8) is 0 Å². The average Bonchev–Trinajstić information content (AvgIpc) is 3.29. The Hall–Kier alpha value is -3.80. The third-order valence-corrected chi connectivity index (χ3v) is 4.78. The first kappa shape index (κ1) is 17.6. The lowest BCUT2D eigenvalue weighted by Crippen LogP contribution is -2.38. The van der Waals surface area contributed by atoms with Crippen LogP contribution in [0.15, 0.2) is 49.1 Å². The van der Waals surface area contributed by atoms with Crippen molar-refractivity contribution in [2.75, 3.05) is 23.3 Å². The van der Waals surface area contributed by atoms with Crippen LogP contribution in [0, 0.1) is 17.2 Å². The standard InChI is InChI=1S/C19H18N8O/c20-11-15-3-1-2-4-16(15)23-19(28)14-7-9-26(10-8-14)17-5-6-18(25-24-17)27-13-21-12-22-27/h1-6,12-14H,7-10H2,(H,23,28). The lowest BCUT2D eigenvalue weighted by Gasteiger charge is -2.31. The third-order valence-electron chi connectivity index (χ3n) is 4.78. The second-order valence-electron chi connectivity index (χ2n) is 6.50. The van der Waals surface area contributed by atoms with Crippen LogP contribution in [0.4, 0.5) is 11.5 Å². The quantitative estimate of drug-likeness (QED) is 0.740. The topological polar surface area (TPSA) is 113 Å². The molecule has 4 rings (SSSR count). The van der Waals surface area contributed by atoms with Gasteiger partial charge in [-0.25, -0.2) is 9.67 Å². The molecule has 0 unspecified atom stereocenters. The van der Waals surface area contributed by atoms with E-state index in [1.165, 1.54) is 6.33 Å². The van der Waals surface area contributed by atoms with Crippen molar-refractivity contribution in [3.8, 4) is 11.9 Å². The number of nitrogens with one attached hydrogen (secondary N) is 1. The van der Waals surface area contributed by atoms with Gasteiger partial charge in [0.05, 0.1) is 11.3 Å². The van der Waals surface area contributed by atoms with Crippen LogP contribution in [0.2, 0.25) is 0 Å². The summed E-state index contributed by atoms with van der Waals surface area (Å²) in [7, 11) is 0. The minimum Gasteiger partial charge on any atom is -0.355 e. The van der Waals surface area contributed by atoms with Crippen LogP contribution in [0.5, 0.6) is 0 Å². The molecule has 28 heavy (non-hydrogen) atoms. The van der Waals surface area contributed by atoms with Crippen molar-refractivity contribution in [2.45, 2.75) is 12.8 Å². The molecule has 0 aliphatic carbocycles. The van der Waals surface area contributed by atoms with Crippen molar-refractivity contribution in [3.05, 3.63) is 54.6 Å². The van der Waals surface area contributed by atoms with Gasteiger partial charge in [0.2, 0.25) is 5.91 Å². The highest BCUT2D eigenvalue weighted by Crippen LogP contribution is 2.24. The molecule has 9 nitrogen and oxygen atoms in total. The molecular weight excluding hydrogens is 356 g/mol. The largest absolute Gasteiger partial charge is 0.355 e. The Bertz CT molecular complexity index is 986. The van der Waals surface area contributed by atoms with E-state index in [1.54, 1.807) is 35.3 Å². The number of benzene rings is 1. The van der Waals surface area contributed by atoms with Crippen molar-refractivity contribution in [1.82, 2.24) is 25.0 Å². The van der Waals surface area contributed by atoms with Gasteiger partial charge in [-0.05, 0) is 37.1 Å². The Kier molecular flexibility index (Phi) is 4.93. The predicted octanol–water partition coefficient (Wildman–Crippen LogP) is 1.78. The average molecular weight is 374 g/mol. The Balaban J connectivity index is 1.35. The van der Waals surface area contributed by atoms with E-state index in [0.29, 0.717) is 29.9 Å². The van der Waals surface area contributed by atoms with Crippen molar-refractivity contribution < 1.29 is 4.79 Å². The maximum Gasteiger partial charge on any atom is 0.227 e. The van der Waals surface area contributed by atoms with Gasteiger partial charge in [0.1, 0.15) is 18.7 Å². The van der Waals surface area contributed by atoms with E-state index in [0.717, 1.165) is 18.9 Å². The van der Waals surface area contributed by atoms with Gasteiger partial charge >= 0.3 is 0 Å². The molecule has 9 heteroatoms. The maximum absolute atomic E-state index is 12.6.